The molecule has 1 saturated heterocycles. The molecule has 0 aromatic heterocycles. The monoisotopic (exact) mass is 464 g/mol. The molecular formula is C20H21BrN2O4S. The molecule has 0 saturated carbocycles. The van der Waals surface area contributed by atoms with Crippen LogP contribution in [0.15, 0.2) is 64.0 Å². The lowest BCUT2D eigenvalue weighted by atomic mass is 10.1. The number of anilines is 1. The molecule has 1 aliphatic heterocycles. The van der Waals surface area contributed by atoms with Crippen molar-refractivity contribution in [2.24, 2.45) is 0 Å². The summed E-state index contributed by atoms with van der Waals surface area (Å²) in [6.07, 6.45) is -0.196. The number of nitrogens with zero attached hydrogens (tertiary/aromatic N) is 2. The van der Waals surface area contributed by atoms with Crippen LogP contribution in [0.2, 0.25) is 0 Å². The summed E-state index contributed by atoms with van der Waals surface area (Å²) in [5, 5.41) is 0. The van der Waals surface area contributed by atoms with Crippen molar-refractivity contribution in [2.45, 2.75) is 43.7 Å². The first-order valence-corrected chi connectivity index (χ1v) is 11.0. The minimum absolute atomic E-state index is 0.0901. The third-order valence-electron chi connectivity index (χ3n) is 4.45. The van der Waals surface area contributed by atoms with Gasteiger partial charge in [0, 0.05) is 10.0 Å². The molecule has 0 aliphatic carbocycles. The van der Waals surface area contributed by atoms with Gasteiger partial charge in [-0.25, -0.2) is 13.3 Å². The summed E-state index contributed by atoms with van der Waals surface area (Å²) in [6, 6.07) is 13.6. The Morgan fingerprint density at radius 2 is 1.57 bits per heavy atom. The first-order chi connectivity index (χ1) is 13.0. The molecule has 0 radical (unpaired) electrons. The van der Waals surface area contributed by atoms with Gasteiger partial charge in [0.1, 0.15) is 6.04 Å². The van der Waals surface area contributed by atoms with Crippen LogP contribution in [0.5, 0.6) is 0 Å². The molecule has 3 rings (SSSR count). The molecule has 2 amide bonds. The van der Waals surface area contributed by atoms with E-state index in [0.717, 1.165) is 13.7 Å². The van der Waals surface area contributed by atoms with Crippen molar-refractivity contribution in [3.8, 4) is 0 Å². The number of hydrogen-bond donors (Lipinski definition) is 0. The number of carbonyl (C=O) groups excluding carboxylic acids is 2. The van der Waals surface area contributed by atoms with Crippen LogP contribution in [-0.4, -0.2) is 36.1 Å². The molecule has 148 valence electrons. The summed E-state index contributed by atoms with van der Waals surface area (Å²) in [7, 11) is -3.98. The summed E-state index contributed by atoms with van der Waals surface area (Å²) >= 11 is 3.32. The molecule has 28 heavy (non-hydrogen) atoms. The zero-order chi connectivity index (χ0) is 20.7. The maximum atomic E-state index is 13.3. The second-order valence-electron chi connectivity index (χ2n) is 7.55. The quantitative estimate of drug-likeness (QED) is 0.648. The Bertz CT molecular complexity index is 999. The van der Waals surface area contributed by atoms with Crippen LogP contribution >= 0.6 is 15.9 Å². The van der Waals surface area contributed by atoms with E-state index in [9.17, 15) is 18.0 Å². The Kier molecular flexibility index (Phi) is 5.49. The van der Waals surface area contributed by atoms with E-state index < -0.39 is 33.4 Å². The predicted octanol–water partition coefficient (Wildman–Crippen LogP) is 3.57. The molecule has 6 nitrogen and oxygen atoms in total. The maximum absolute atomic E-state index is 13.3. The smallest absolute Gasteiger partial charge is 0.252 e. The van der Waals surface area contributed by atoms with Crippen LogP contribution in [-0.2, 0) is 19.6 Å². The molecule has 1 fully saturated rings. The van der Waals surface area contributed by atoms with Crippen LogP contribution in [0, 0.1) is 0 Å². The van der Waals surface area contributed by atoms with Crippen LogP contribution in [0.1, 0.15) is 27.2 Å². The van der Waals surface area contributed by atoms with Crippen molar-refractivity contribution in [1.82, 2.24) is 4.31 Å². The van der Waals surface area contributed by atoms with E-state index in [4.69, 9.17) is 0 Å². The Morgan fingerprint density at radius 1 is 1.00 bits per heavy atom. The van der Waals surface area contributed by atoms with Gasteiger partial charge in [-0.15, -0.1) is 0 Å². The standard InChI is InChI=1S/C20H21BrN2O4S/c1-20(2,3)23(28(26,27)16-7-5-4-6-8-16)17-13-18(24)22(19(17)25)15-11-9-14(21)10-12-15/h4-12,17H,13H2,1-3H3. The van der Waals surface area contributed by atoms with Crippen molar-refractivity contribution in [2.75, 3.05) is 4.90 Å². The number of hydrogen-bond acceptors (Lipinski definition) is 4. The molecule has 1 atom stereocenters. The van der Waals surface area contributed by atoms with Crippen LogP contribution in [0.4, 0.5) is 5.69 Å². The van der Waals surface area contributed by atoms with Gasteiger partial charge in [-0.1, -0.05) is 34.1 Å². The Hall–Kier alpha value is -2.03. The highest BCUT2D eigenvalue weighted by atomic mass is 79.9. The number of carbonyl (C=O) groups is 2. The highest BCUT2D eigenvalue weighted by molar-refractivity contribution is 9.10. The fraction of sp³-hybridized carbons (Fsp3) is 0.300. The molecule has 2 aromatic carbocycles. The van der Waals surface area contributed by atoms with Gasteiger partial charge in [-0.3, -0.25) is 9.59 Å². The van der Waals surface area contributed by atoms with Gasteiger partial charge < -0.3 is 0 Å². The number of halogens is 1. The zero-order valence-electron chi connectivity index (χ0n) is 15.8. The fourth-order valence-electron chi connectivity index (χ4n) is 3.36. The molecule has 2 aromatic rings. The number of sulfonamides is 1. The van der Waals surface area contributed by atoms with Crippen molar-refractivity contribution in [3.05, 3.63) is 59.1 Å². The van der Waals surface area contributed by atoms with E-state index in [0.29, 0.717) is 5.69 Å². The molecule has 8 heteroatoms. The topological polar surface area (TPSA) is 74.8 Å². The number of rotatable bonds is 4. The number of benzene rings is 2. The summed E-state index contributed by atoms with van der Waals surface area (Å²) in [6.45, 7) is 5.15. The lowest BCUT2D eigenvalue weighted by molar-refractivity contribution is -0.122. The van der Waals surface area contributed by atoms with Gasteiger partial charge >= 0.3 is 0 Å². The third kappa shape index (κ3) is 3.76. The van der Waals surface area contributed by atoms with Gasteiger partial charge in [0.15, 0.2) is 0 Å². The van der Waals surface area contributed by atoms with E-state index >= 15 is 0 Å². The minimum Gasteiger partial charge on any atom is -0.274 e. The average Bonchev–Trinajstić information content (AvgIpc) is 2.89. The summed E-state index contributed by atoms with van der Waals surface area (Å²) in [5.74, 6) is -0.961. The van der Waals surface area contributed by atoms with Gasteiger partial charge in [-0.2, -0.15) is 4.31 Å². The Labute approximate surface area is 173 Å². The third-order valence-corrected chi connectivity index (χ3v) is 7.17. The molecule has 1 aliphatic rings. The molecule has 1 heterocycles. The van der Waals surface area contributed by atoms with Crippen molar-refractivity contribution >= 4 is 43.5 Å². The second-order valence-corrected chi connectivity index (χ2v) is 10.3. The highest BCUT2D eigenvalue weighted by Crippen LogP contribution is 2.34. The SMILES string of the molecule is CC(C)(C)N(C1CC(=O)N(c2ccc(Br)cc2)C1=O)S(=O)(=O)c1ccccc1. The first-order valence-electron chi connectivity index (χ1n) is 8.75. The highest BCUT2D eigenvalue weighted by Gasteiger charge is 2.50. The largest absolute Gasteiger partial charge is 0.274 e. The lowest BCUT2D eigenvalue weighted by Gasteiger charge is -2.37. The van der Waals surface area contributed by atoms with E-state index in [1.165, 1.54) is 12.1 Å². The summed E-state index contributed by atoms with van der Waals surface area (Å²) < 4.78 is 28.7. The van der Waals surface area contributed by atoms with E-state index in [-0.39, 0.29) is 11.3 Å². The summed E-state index contributed by atoms with van der Waals surface area (Å²) in [5.41, 5.74) is -0.475. The molecular weight excluding hydrogens is 444 g/mol. The van der Waals surface area contributed by atoms with Gasteiger partial charge in [0.05, 0.1) is 17.0 Å². The predicted molar refractivity (Wildman–Crippen MR) is 110 cm³/mol. The number of amides is 2. The normalized spacial score (nSPS) is 18.2. The van der Waals surface area contributed by atoms with E-state index in [1.54, 1.807) is 63.2 Å². The van der Waals surface area contributed by atoms with E-state index in [2.05, 4.69) is 15.9 Å². The van der Waals surface area contributed by atoms with Gasteiger partial charge in [0.25, 0.3) is 5.91 Å². The van der Waals surface area contributed by atoms with Crippen LogP contribution < -0.4 is 4.90 Å². The molecule has 0 bridgehead atoms. The van der Waals surface area contributed by atoms with Crippen molar-refractivity contribution < 1.29 is 18.0 Å². The maximum Gasteiger partial charge on any atom is 0.252 e. The summed E-state index contributed by atoms with van der Waals surface area (Å²) in [4.78, 5) is 27.0. The lowest BCUT2D eigenvalue weighted by Crippen LogP contribution is -2.54. The fourth-order valence-corrected chi connectivity index (χ4v) is 5.58. The van der Waals surface area contributed by atoms with Gasteiger partial charge in [0.2, 0.25) is 15.9 Å². The Morgan fingerprint density at radius 3 is 2.11 bits per heavy atom. The first kappa shape index (κ1) is 20.7. The van der Waals surface area contributed by atoms with E-state index in [1.807, 2.05) is 0 Å². The zero-order valence-corrected chi connectivity index (χ0v) is 18.2. The number of imide groups is 1. The second kappa shape index (κ2) is 7.42. The molecule has 1 unspecified atom stereocenters. The molecule has 0 spiro atoms. The average molecular weight is 465 g/mol. The molecule has 0 N–H and O–H groups in total. The van der Waals surface area contributed by atoms with Crippen LogP contribution in [0.25, 0.3) is 0 Å². The van der Waals surface area contributed by atoms with Crippen molar-refractivity contribution in [3.63, 3.8) is 0 Å². The van der Waals surface area contributed by atoms with Crippen molar-refractivity contribution in [1.29, 1.82) is 0 Å². The Balaban J connectivity index is 2.04. The van der Waals surface area contributed by atoms with Gasteiger partial charge in [-0.05, 0) is 57.2 Å². The van der Waals surface area contributed by atoms with Crippen LogP contribution in [0.3, 0.4) is 0 Å². The minimum atomic E-state index is -3.98.